The number of ether oxygens (including phenoxy) is 1. The number of carbonyl (C=O) groups excluding carboxylic acids is 1. The lowest BCUT2D eigenvalue weighted by Crippen LogP contribution is -2.11. The molecule has 0 aliphatic heterocycles. The number of primary amides is 1. The summed E-state index contributed by atoms with van der Waals surface area (Å²) in [6.07, 6.45) is 9.85. The summed E-state index contributed by atoms with van der Waals surface area (Å²) >= 11 is 0. The fourth-order valence-electron chi connectivity index (χ4n) is 4.35. The molecule has 0 fully saturated rings. The first-order valence-electron chi connectivity index (χ1n) is 12.1. The maximum Gasteiger partial charge on any atom is 0.217 e. The molecular formula is C30H29N3O2. The molecular weight excluding hydrogens is 434 g/mol. The van der Waals surface area contributed by atoms with E-state index in [2.05, 4.69) is 65.3 Å². The molecule has 0 atom stereocenters. The van der Waals surface area contributed by atoms with E-state index in [4.69, 9.17) is 15.5 Å². The van der Waals surface area contributed by atoms with Gasteiger partial charge in [-0.15, -0.1) is 0 Å². The summed E-state index contributed by atoms with van der Waals surface area (Å²) in [7, 11) is 0. The van der Waals surface area contributed by atoms with Crippen LogP contribution in [0.15, 0.2) is 91.0 Å². The number of aromatic nitrogens is 2. The first kappa shape index (κ1) is 22.7. The molecule has 4 aromatic rings. The maximum atomic E-state index is 10.9. The van der Waals surface area contributed by atoms with E-state index in [0.29, 0.717) is 19.4 Å². The number of nitrogens with two attached hydrogens (primary N) is 1. The molecule has 5 nitrogen and oxygen atoms in total. The minimum absolute atomic E-state index is 0.283. The van der Waals surface area contributed by atoms with Crippen LogP contribution in [0, 0.1) is 0 Å². The Kier molecular flexibility index (Phi) is 6.75. The third kappa shape index (κ3) is 5.52. The molecule has 3 aromatic carbocycles. The van der Waals surface area contributed by atoms with Gasteiger partial charge in [-0.3, -0.25) is 4.79 Å². The molecule has 0 unspecified atom stereocenters. The second-order valence-electron chi connectivity index (χ2n) is 8.86. The number of hydrogen-bond acceptors (Lipinski definition) is 3. The molecule has 0 bridgehead atoms. The first-order valence-corrected chi connectivity index (χ1v) is 12.1. The number of amides is 1. The predicted molar refractivity (Wildman–Crippen MR) is 140 cm³/mol. The minimum Gasteiger partial charge on any atom is -0.489 e. The largest absolute Gasteiger partial charge is 0.489 e. The summed E-state index contributed by atoms with van der Waals surface area (Å²) in [4.78, 5) is 15.9. The zero-order valence-corrected chi connectivity index (χ0v) is 19.7. The van der Waals surface area contributed by atoms with Gasteiger partial charge in [0.2, 0.25) is 5.91 Å². The van der Waals surface area contributed by atoms with E-state index in [9.17, 15) is 4.79 Å². The molecule has 1 amide bonds. The van der Waals surface area contributed by atoms with Gasteiger partial charge in [0.05, 0.1) is 11.0 Å². The fourth-order valence-corrected chi connectivity index (χ4v) is 4.35. The molecule has 0 saturated heterocycles. The van der Waals surface area contributed by atoms with Gasteiger partial charge < -0.3 is 15.0 Å². The standard InChI is InChI=1S/C30H29N3O2/c31-29(34)19-16-22-14-17-26(18-15-22)35-21-24-12-10-23(11-13-24)20-33-28-9-5-4-8-27(28)32-30(33)25-6-2-1-3-7-25/h2,4-15,17-18H,1,3,16,19-21H2,(H2,31,34). The van der Waals surface area contributed by atoms with Crippen molar-refractivity contribution in [3.63, 3.8) is 0 Å². The monoisotopic (exact) mass is 463 g/mol. The van der Waals surface area contributed by atoms with Crippen LogP contribution >= 0.6 is 0 Å². The number of para-hydroxylation sites is 2. The van der Waals surface area contributed by atoms with Gasteiger partial charge in [0.25, 0.3) is 0 Å². The number of allylic oxidation sites excluding steroid dienone is 4. The summed E-state index contributed by atoms with van der Waals surface area (Å²) in [5.74, 6) is 1.54. The third-order valence-corrected chi connectivity index (χ3v) is 6.26. The number of aryl methyl sites for hydroxylation is 1. The highest BCUT2D eigenvalue weighted by atomic mass is 16.5. The Balaban J connectivity index is 1.26. The Labute approximate surface area is 205 Å². The highest BCUT2D eigenvalue weighted by Crippen LogP contribution is 2.26. The quantitative estimate of drug-likeness (QED) is 0.340. The van der Waals surface area contributed by atoms with E-state index in [-0.39, 0.29) is 5.91 Å². The Morgan fingerprint density at radius 1 is 0.914 bits per heavy atom. The van der Waals surface area contributed by atoms with E-state index in [0.717, 1.165) is 53.1 Å². The molecule has 176 valence electrons. The average molecular weight is 464 g/mol. The van der Waals surface area contributed by atoms with Crippen LogP contribution in [0.5, 0.6) is 5.75 Å². The smallest absolute Gasteiger partial charge is 0.217 e. The molecule has 0 spiro atoms. The van der Waals surface area contributed by atoms with Gasteiger partial charge in [-0.1, -0.05) is 66.8 Å². The van der Waals surface area contributed by atoms with Crippen molar-refractivity contribution in [3.05, 3.63) is 114 Å². The molecule has 1 aliphatic carbocycles. The highest BCUT2D eigenvalue weighted by molar-refractivity contribution is 5.82. The van der Waals surface area contributed by atoms with Crippen LogP contribution < -0.4 is 10.5 Å². The number of benzene rings is 3. The Morgan fingerprint density at radius 3 is 2.40 bits per heavy atom. The van der Waals surface area contributed by atoms with Crippen molar-refractivity contribution >= 4 is 22.5 Å². The van der Waals surface area contributed by atoms with E-state index in [1.54, 1.807) is 0 Å². The number of nitrogens with zero attached hydrogens (tertiary/aromatic N) is 2. The van der Waals surface area contributed by atoms with Gasteiger partial charge in [-0.25, -0.2) is 4.98 Å². The third-order valence-electron chi connectivity index (χ3n) is 6.26. The zero-order valence-electron chi connectivity index (χ0n) is 19.7. The molecule has 5 heteroatoms. The van der Waals surface area contributed by atoms with Crippen molar-refractivity contribution in [1.29, 1.82) is 0 Å². The topological polar surface area (TPSA) is 70.1 Å². The Hall–Kier alpha value is -4.12. The van der Waals surface area contributed by atoms with Crippen LogP contribution in [-0.2, 0) is 24.4 Å². The summed E-state index contributed by atoms with van der Waals surface area (Å²) in [5, 5.41) is 0. The lowest BCUT2D eigenvalue weighted by molar-refractivity contribution is -0.117. The summed E-state index contributed by atoms with van der Waals surface area (Å²) < 4.78 is 8.26. The van der Waals surface area contributed by atoms with Crippen LogP contribution in [0.1, 0.15) is 41.8 Å². The number of imidazole rings is 1. The summed E-state index contributed by atoms with van der Waals surface area (Å²) in [5.41, 5.74) is 12.0. The van der Waals surface area contributed by atoms with Gasteiger partial charge in [-0.05, 0) is 60.2 Å². The number of carbonyl (C=O) groups is 1. The first-order chi connectivity index (χ1) is 17.2. The SMILES string of the molecule is NC(=O)CCc1ccc(OCc2ccc(Cn3c(C4=CCCC=C4)nc4ccccc43)cc2)cc1. The molecule has 2 N–H and O–H groups in total. The fraction of sp³-hybridized carbons (Fsp3) is 0.200. The number of fused-ring (bicyclic) bond motifs is 1. The van der Waals surface area contributed by atoms with E-state index < -0.39 is 0 Å². The Morgan fingerprint density at radius 2 is 1.66 bits per heavy atom. The lowest BCUT2D eigenvalue weighted by Gasteiger charge is -2.13. The Bertz CT molecular complexity index is 1380. The normalized spacial score (nSPS) is 13.1. The molecule has 1 aromatic heterocycles. The molecule has 0 radical (unpaired) electrons. The maximum absolute atomic E-state index is 10.9. The van der Waals surface area contributed by atoms with Gasteiger partial charge in [0.15, 0.2) is 0 Å². The molecule has 5 rings (SSSR count). The van der Waals surface area contributed by atoms with Crippen LogP contribution in [0.2, 0.25) is 0 Å². The second-order valence-corrected chi connectivity index (χ2v) is 8.86. The van der Waals surface area contributed by atoms with Crippen molar-refractivity contribution in [1.82, 2.24) is 9.55 Å². The van der Waals surface area contributed by atoms with Gasteiger partial charge in [0.1, 0.15) is 18.2 Å². The van der Waals surface area contributed by atoms with Crippen LogP contribution in [-0.4, -0.2) is 15.5 Å². The molecule has 35 heavy (non-hydrogen) atoms. The van der Waals surface area contributed by atoms with E-state index >= 15 is 0 Å². The van der Waals surface area contributed by atoms with Gasteiger partial charge >= 0.3 is 0 Å². The van der Waals surface area contributed by atoms with E-state index in [1.165, 1.54) is 11.1 Å². The van der Waals surface area contributed by atoms with Crippen molar-refractivity contribution < 1.29 is 9.53 Å². The molecule has 1 aliphatic rings. The van der Waals surface area contributed by atoms with Crippen LogP contribution in [0.25, 0.3) is 16.6 Å². The van der Waals surface area contributed by atoms with Crippen molar-refractivity contribution in [2.45, 2.75) is 38.8 Å². The number of hydrogen-bond donors (Lipinski definition) is 1. The van der Waals surface area contributed by atoms with Crippen molar-refractivity contribution in [3.8, 4) is 5.75 Å². The average Bonchev–Trinajstić information content (AvgIpc) is 3.26. The second kappa shape index (κ2) is 10.4. The van der Waals surface area contributed by atoms with Gasteiger partial charge in [0, 0.05) is 18.5 Å². The minimum atomic E-state index is -0.283. The summed E-state index contributed by atoms with van der Waals surface area (Å²) in [6.45, 7) is 1.26. The highest BCUT2D eigenvalue weighted by Gasteiger charge is 2.14. The zero-order chi connectivity index (χ0) is 24.0. The summed E-state index contributed by atoms with van der Waals surface area (Å²) in [6, 6.07) is 24.7. The molecule has 0 saturated carbocycles. The predicted octanol–water partition coefficient (Wildman–Crippen LogP) is 5.81. The van der Waals surface area contributed by atoms with Crippen molar-refractivity contribution in [2.75, 3.05) is 0 Å². The lowest BCUT2D eigenvalue weighted by atomic mass is 10.1. The van der Waals surface area contributed by atoms with Crippen molar-refractivity contribution in [2.24, 2.45) is 5.73 Å². The van der Waals surface area contributed by atoms with E-state index in [1.807, 2.05) is 30.3 Å². The van der Waals surface area contributed by atoms with Crippen LogP contribution in [0.3, 0.4) is 0 Å². The van der Waals surface area contributed by atoms with Gasteiger partial charge in [-0.2, -0.15) is 0 Å². The number of rotatable bonds is 9. The van der Waals surface area contributed by atoms with Crippen LogP contribution in [0.4, 0.5) is 0 Å². The molecule has 1 heterocycles.